The molecule has 0 amide bonds. The molecular formula is C36H26N2O2S. The third kappa shape index (κ3) is 5.82. The van der Waals surface area contributed by atoms with Crippen LogP contribution in [0, 0.1) is 22.7 Å². The molecule has 198 valence electrons. The SMILES string of the molecule is COc1ccc(C(=C(c2ccccc2)c2ccc(C(=C(C#N)C#N)c3cccs3)cc2)c2ccc(OC)cc2)cc1. The maximum atomic E-state index is 9.70. The van der Waals surface area contributed by atoms with E-state index in [1.807, 2.05) is 72.1 Å². The first-order valence-electron chi connectivity index (χ1n) is 12.9. The number of nitrogens with zero attached hydrogens (tertiary/aromatic N) is 2. The van der Waals surface area contributed by atoms with Gasteiger partial charge in [-0.15, -0.1) is 11.3 Å². The fraction of sp³-hybridized carbons (Fsp3) is 0.0556. The second-order valence-electron chi connectivity index (χ2n) is 9.10. The molecule has 0 unspecified atom stereocenters. The van der Waals surface area contributed by atoms with Gasteiger partial charge in [-0.1, -0.05) is 84.9 Å². The number of hydrogen-bond donors (Lipinski definition) is 0. The van der Waals surface area contributed by atoms with E-state index in [0.29, 0.717) is 5.57 Å². The van der Waals surface area contributed by atoms with E-state index in [1.54, 1.807) is 14.2 Å². The predicted octanol–water partition coefficient (Wildman–Crippen LogP) is 8.62. The molecule has 0 aliphatic carbocycles. The van der Waals surface area contributed by atoms with E-state index < -0.39 is 0 Å². The highest BCUT2D eigenvalue weighted by molar-refractivity contribution is 7.11. The summed E-state index contributed by atoms with van der Waals surface area (Å²) in [6.07, 6.45) is 0. The number of nitriles is 2. The van der Waals surface area contributed by atoms with Crippen molar-refractivity contribution in [2.24, 2.45) is 0 Å². The zero-order valence-electron chi connectivity index (χ0n) is 22.7. The van der Waals surface area contributed by atoms with Crippen LogP contribution >= 0.6 is 11.3 Å². The van der Waals surface area contributed by atoms with Crippen molar-refractivity contribution in [3.05, 3.63) is 159 Å². The van der Waals surface area contributed by atoms with Crippen molar-refractivity contribution in [2.45, 2.75) is 0 Å². The average molecular weight is 551 g/mol. The minimum Gasteiger partial charge on any atom is -0.497 e. The fourth-order valence-electron chi connectivity index (χ4n) is 4.80. The molecule has 0 fully saturated rings. The number of rotatable bonds is 8. The Bertz CT molecular complexity index is 1700. The number of ether oxygens (including phenoxy) is 2. The van der Waals surface area contributed by atoms with Crippen LogP contribution in [0.15, 0.2) is 126 Å². The molecule has 0 spiro atoms. The standard InChI is InChI=1S/C36H26N2O2S/c1-39-31-18-14-28(15-19-31)36(29-16-20-32(40-2)21-17-29)35(25-7-4-3-5-8-25)27-12-10-26(11-13-27)34(30(23-37)24-38)33-9-6-22-41-33/h3-22H,1-2H3. The maximum Gasteiger partial charge on any atom is 0.138 e. The van der Waals surface area contributed by atoms with E-state index in [2.05, 4.69) is 60.7 Å². The van der Waals surface area contributed by atoms with Crippen LogP contribution in [0.5, 0.6) is 11.5 Å². The second kappa shape index (κ2) is 12.7. The van der Waals surface area contributed by atoms with Crippen molar-refractivity contribution in [3.8, 4) is 23.6 Å². The molecule has 0 aliphatic rings. The molecule has 0 N–H and O–H groups in total. The summed E-state index contributed by atoms with van der Waals surface area (Å²) >= 11 is 1.51. The van der Waals surface area contributed by atoms with Gasteiger partial charge in [-0.2, -0.15) is 10.5 Å². The predicted molar refractivity (Wildman–Crippen MR) is 165 cm³/mol. The lowest BCUT2D eigenvalue weighted by atomic mass is 9.85. The Morgan fingerprint density at radius 3 is 1.32 bits per heavy atom. The van der Waals surface area contributed by atoms with Gasteiger partial charge in [-0.05, 0) is 74.7 Å². The number of hydrogen-bond acceptors (Lipinski definition) is 5. The zero-order valence-corrected chi connectivity index (χ0v) is 23.5. The molecule has 4 nitrogen and oxygen atoms in total. The first-order valence-corrected chi connectivity index (χ1v) is 13.8. The molecule has 0 atom stereocenters. The van der Waals surface area contributed by atoms with Gasteiger partial charge in [0, 0.05) is 10.5 Å². The van der Waals surface area contributed by atoms with Gasteiger partial charge in [0.05, 0.1) is 14.2 Å². The van der Waals surface area contributed by atoms with Crippen LogP contribution < -0.4 is 9.47 Å². The van der Waals surface area contributed by atoms with E-state index in [0.717, 1.165) is 55.3 Å². The summed E-state index contributed by atoms with van der Waals surface area (Å²) < 4.78 is 10.9. The van der Waals surface area contributed by atoms with E-state index in [4.69, 9.17) is 9.47 Å². The van der Waals surface area contributed by atoms with Gasteiger partial charge in [-0.3, -0.25) is 0 Å². The number of thiophene rings is 1. The van der Waals surface area contributed by atoms with Crippen molar-refractivity contribution in [3.63, 3.8) is 0 Å². The van der Waals surface area contributed by atoms with E-state index in [-0.39, 0.29) is 5.57 Å². The molecule has 0 saturated carbocycles. The third-order valence-electron chi connectivity index (χ3n) is 6.77. The molecule has 5 rings (SSSR count). The fourth-order valence-corrected chi connectivity index (χ4v) is 5.60. The van der Waals surface area contributed by atoms with Crippen molar-refractivity contribution in [1.82, 2.24) is 0 Å². The highest BCUT2D eigenvalue weighted by Crippen LogP contribution is 2.39. The van der Waals surface area contributed by atoms with Crippen molar-refractivity contribution < 1.29 is 9.47 Å². The maximum absolute atomic E-state index is 9.70. The van der Waals surface area contributed by atoms with Gasteiger partial charge < -0.3 is 9.47 Å². The molecule has 0 saturated heterocycles. The molecular weight excluding hydrogens is 524 g/mol. The van der Waals surface area contributed by atoms with Crippen LogP contribution in [0.2, 0.25) is 0 Å². The van der Waals surface area contributed by atoms with Crippen molar-refractivity contribution in [1.29, 1.82) is 10.5 Å². The van der Waals surface area contributed by atoms with Crippen LogP contribution in [0.3, 0.4) is 0 Å². The molecule has 0 bridgehead atoms. The molecule has 1 heterocycles. The average Bonchev–Trinajstić information content (AvgIpc) is 3.58. The first kappa shape index (κ1) is 27.2. The summed E-state index contributed by atoms with van der Waals surface area (Å²) in [6, 6.07) is 42.5. The van der Waals surface area contributed by atoms with Crippen molar-refractivity contribution in [2.75, 3.05) is 14.2 Å². The number of allylic oxidation sites excluding steroid dienone is 1. The minimum atomic E-state index is 0.0937. The highest BCUT2D eigenvalue weighted by atomic mass is 32.1. The van der Waals surface area contributed by atoms with Crippen LogP contribution in [-0.4, -0.2) is 14.2 Å². The third-order valence-corrected chi connectivity index (χ3v) is 7.66. The number of methoxy groups -OCH3 is 2. The van der Waals surface area contributed by atoms with E-state index >= 15 is 0 Å². The summed E-state index contributed by atoms with van der Waals surface area (Å²) in [5, 5.41) is 21.3. The summed E-state index contributed by atoms with van der Waals surface area (Å²) in [4.78, 5) is 0.881. The van der Waals surface area contributed by atoms with Gasteiger partial charge in [0.2, 0.25) is 0 Å². The molecule has 5 aromatic rings. The van der Waals surface area contributed by atoms with E-state index in [1.165, 1.54) is 11.3 Å². The second-order valence-corrected chi connectivity index (χ2v) is 10.0. The molecule has 41 heavy (non-hydrogen) atoms. The Kier molecular flexibility index (Phi) is 8.41. The topological polar surface area (TPSA) is 66.0 Å². The highest BCUT2D eigenvalue weighted by Gasteiger charge is 2.18. The molecule has 0 aliphatic heterocycles. The smallest absolute Gasteiger partial charge is 0.138 e. The molecule has 1 aromatic heterocycles. The number of benzene rings is 4. The van der Waals surface area contributed by atoms with Crippen molar-refractivity contribution >= 4 is 28.1 Å². The summed E-state index contributed by atoms with van der Waals surface area (Å²) in [5.41, 5.74) is 7.80. The molecule has 0 radical (unpaired) electrons. The van der Waals surface area contributed by atoms with Crippen LogP contribution in [0.25, 0.3) is 16.7 Å². The Hall–Kier alpha value is -5.36. The lowest BCUT2D eigenvalue weighted by Crippen LogP contribution is -1.99. The first-order chi connectivity index (χ1) is 20.2. The Morgan fingerprint density at radius 1 is 0.512 bits per heavy atom. The van der Waals surface area contributed by atoms with Crippen LogP contribution in [0.1, 0.15) is 32.7 Å². The Balaban J connectivity index is 1.76. The zero-order chi connectivity index (χ0) is 28.6. The molecule has 4 aromatic carbocycles. The summed E-state index contributed by atoms with van der Waals surface area (Å²) in [7, 11) is 3.32. The Morgan fingerprint density at radius 2 is 0.927 bits per heavy atom. The largest absolute Gasteiger partial charge is 0.497 e. The van der Waals surface area contributed by atoms with Gasteiger partial charge in [0.1, 0.15) is 29.2 Å². The minimum absolute atomic E-state index is 0.0937. The van der Waals surface area contributed by atoms with Gasteiger partial charge in [0.25, 0.3) is 0 Å². The van der Waals surface area contributed by atoms with Gasteiger partial charge in [-0.25, -0.2) is 0 Å². The van der Waals surface area contributed by atoms with Gasteiger partial charge >= 0.3 is 0 Å². The van der Waals surface area contributed by atoms with Crippen LogP contribution in [0.4, 0.5) is 0 Å². The normalized spacial score (nSPS) is 10.1. The van der Waals surface area contributed by atoms with Gasteiger partial charge in [0.15, 0.2) is 0 Å². The Labute approximate surface area is 244 Å². The lowest BCUT2D eigenvalue weighted by Gasteiger charge is -2.19. The summed E-state index contributed by atoms with van der Waals surface area (Å²) in [6.45, 7) is 0. The quantitative estimate of drug-likeness (QED) is 0.143. The lowest BCUT2D eigenvalue weighted by molar-refractivity contribution is 0.414. The van der Waals surface area contributed by atoms with E-state index in [9.17, 15) is 10.5 Å². The van der Waals surface area contributed by atoms with Crippen LogP contribution in [-0.2, 0) is 0 Å². The summed E-state index contributed by atoms with van der Waals surface area (Å²) in [5.74, 6) is 1.57. The molecule has 5 heteroatoms. The monoisotopic (exact) mass is 550 g/mol.